The second kappa shape index (κ2) is 11.4. The number of carbonyl (C=O) groups excluding carboxylic acids is 2. The molecule has 0 bridgehead atoms. The van der Waals surface area contributed by atoms with Crippen LogP contribution in [0.2, 0.25) is 5.02 Å². The summed E-state index contributed by atoms with van der Waals surface area (Å²) in [6, 6.07) is 10.0. The van der Waals surface area contributed by atoms with Crippen LogP contribution < -0.4 is 14.8 Å². The maximum absolute atomic E-state index is 15.4. The number of rotatable bonds is 6. The van der Waals surface area contributed by atoms with Gasteiger partial charge in [0.2, 0.25) is 0 Å². The monoisotopic (exact) mass is 553 g/mol. The minimum atomic E-state index is -0.954. The van der Waals surface area contributed by atoms with Crippen molar-refractivity contribution in [3.63, 3.8) is 0 Å². The number of carbonyl (C=O) groups is 2. The van der Waals surface area contributed by atoms with Crippen LogP contribution in [0.4, 0.5) is 4.39 Å². The molecular formula is C31H33ClFNO5. The van der Waals surface area contributed by atoms with Crippen LogP contribution in [0, 0.1) is 5.82 Å². The predicted molar refractivity (Wildman–Crippen MR) is 147 cm³/mol. The maximum Gasteiger partial charge on any atom is 0.337 e. The summed E-state index contributed by atoms with van der Waals surface area (Å²) in [5, 5.41) is 3.49. The van der Waals surface area contributed by atoms with Gasteiger partial charge in [-0.05, 0) is 74.8 Å². The third-order valence-corrected chi connectivity index (χ3v) is 8.37. The van der Waals surface area contributed by atoms with Gasteiger partial charge in [-0.2, -0.15) is 0 Å². The molecule has 0 radical (unpaired) electrons. The molecule has 2 unspecified atom stereocenters. The van der Waals surface area contributed by atoms with Crippen molar-refractivity contribution in [3.8, 4) is 11.5 Å². The molecule has 0 amide bonds. The van der Waals surface area contributed by atoms with Gasteiger partial charge in [-0.3, -0.25) is 4.79 Å². The molecule has 2 aromatic rings. The molecule has 2 aromatic carbocycles. The van der Waals surface area contributed by atoms with Gasteiger partial charge in [0.15, 0.2) is 17.3 Å². The van der Waals surface area contributed by atoms with E-state index in [0.29, 0.717) is 34.9 Å². The standard InChI is InChI=1S/C31H33ClFNO5/c1-17-27(31(36)39-20-8-5-4-6-9-20)30(28-21(32)10-7-11-22(28)33)29-23(34-17)14-19(15-24(29)35)18-12-13-25(37-2)26(16-18)38-3/h7,10-13,16,19-20,30,34H,4-6,8-9,14-15H2,1-3H3. The van der Waals surface area contributed by atoms with Crippen molar-refractivity contribution in [3.05, 3.63) is 80.9 Å². The molecule has 2 aliphatic carbocycles. The first-order valence-corrected chi connectivity index (χ1v) is 13.8. The summed E-state index contributed by atoms with van der Waals surface area (Å²) in [7, 11) is 3.15. The zero-order chi connectivity index (χ0) is 27.7. The molecule has 0 saturated heterocycles. The third-order valence-electron chi connectivity index (χ3n) is 8.04. The average molecular weight is 554 g/mol. The first-order chi connectivity index (χ1) is 18.8. The smallest absolute Gasteiger partial charge is 0.337 e. The predicted octanol–water partition coefficient (Wildman–Crippen LogP) is 6.73. The first-order valence-electron chi connectivity index (χ1n) is 13.4. The van der Waals surface area contributed by atoms with E-state index in [0.717, 1.165) is 37.7 Å². The molecule has 1 heterocycles. The van der Waals surface area contributed by atoms with Crippen molar-refractivity contribution in [1.82, 2.24) is 5.32 Å². The second-order valence-electron chi connectivity index (χ2n) is 10.4. The molecular weight excluding hydrogens is 521 g/mol. The van der Waals surface area contributed by atoms with Crippen molar-refractivity contribution in [2.24, 2.45) is 0 Å². The number of ketones is 1. The molecule has 2 atom stereocenters. The molecule has 1 saturated carbocycles. The number of Topliss-reactive ketones (excluding diaryl/α,β-unsaturated/α-hetero) is 1. The summed E-state index contributed by atoms with van der Waals surface area (Å²) in [5.41, 5.74) is 2.88. The topological polar surface area (TPSA) is 73.9 Å². The summed E-state index contributed by atoms with van der Waals surface area (Å²) in [6.07, 6.45) is 5.24. The fourth-order valence-electron chi connectivity index (χ4n) is 6.13. The quantitative estimate of drug-likeness (QED) is 0.400. The lowest BCUT2D eigenvalue weighted by atomic mass is 9.71. The number of allylic oxidation sites excluding steroid dienone is 3. The van der Waals surface area contributed by atoms with Gasteiger partial charge in [-0.25, -0.2) is 9.18 Å². The van der Waals surface area contributed by atoms with E-state index in [4.69, 9.17) is 25.8 Å². The minimum Gasteiger partial charge on any atom is -0.493 e. The van der Waals surface area contributed by atoms with E-state index in [1.54, 1.807) is 27.2 Å². The van der Waals surface area contributed by atoms with Crippen LogP contribution in [-0.2, 0) is 14.3 Å². The van der Waals surface area contributed by atoms with Gasteiger partial charge in [0.25, 0.3) is 0 Å². The van der Waals surface area contributed by atoms with Gasteiger partial charge in [0.1, 0.15) is 11.9 Å². The van der Waals surface area contributed by atoms with Crippen LogP contribution >= 0.6 is 11.6 Å². The zero-order valence-corrected chi connectivity index (χ0v) is 23.2. The van der Waals surface area contributed by atoms with Gasteiger partial charge in [0, 0.05) is 34.0 Å². The first kappa shape index (κ1) is 27.3. The number of dihydropyridines is 1. The average Bonchev–Trinajstić information content (AvgIpc) is 2.92. The highest BCUT2D eigenvalue weighted by molar-refractivity contribution is 6.31. The summed E-state index contributed by atoms with van der Waals surface area (Å²) < 4.78 is 32.2. The Morgan fingerprint density at radius 1 is 1.03 bits per heavy atom. The molecule has 8 heteroatoms. The Morgan fingerprint density at radius 2 is 1.77 bits per heavy atom. The van der Waals surface area contributed by atoms with Crippen LogP contribution in [0.15, 0.2) is 58.9 Å². The molecule has 1 aliphatic heterocycles. The zero-order valence-electron chi connectivity index (χ0n) is 22.4. The van der Waals surface area contributed by atoms with E-state index in [-0.39, 0.29) is 40.4 Å². The lowest BCUT2D eigenvalue weighted by Gasteiger charge is -2.37. The molecule has 1 fully saturated rings. The van der Waals surface area contributed by atoms with E-state index in [9.17, 15) is 9.59 Å². The SMILES string of the molecule is COc1ccc(C2CC(=O)C3=C(C2)NC(C)=C(C(=O)OC2CCCCC2)C3c2c(F)cccc2Cl)cc1OC. The van der Waals surface area contributed by atoms with E-state index < -0.39 is 17.7 Å². The summed E-state index contributed by atoms with van der Waals surface area (Å²) in [6.45, 7) is 1.77. The Kier molecular flexibility index (Phi) is 7.98. The number of hydrogen-bond donors (Lipinski definition) is 1. The number of hydrogen-bond acceptors (Lipinski definition) is 6. The lowest BCUT2D eigenvalue weighted by molar-refractivity contribution is -0.146. The Hall–Kier alpha value is -3.32. The molecule has 39 heavy (non-hydrogen) atoms. The molecule has 6 nitrogen and oxygen atoms in total. The summed E-state index contributed by atoms with van der Waals surface area (Å²) >= 11 is 6.54. The summed E-state index contributed by atoms with van der Waals surface area (Å²) in [5.74, 6) is -1.16. The summed E-state index contributed by atoms with van der Waals surface area (Å²) in [4.78, 5) is 27.5. The molecule has 3 aliphatic rings. The van der Waals surface area contributed by atoms with Crippen molar-refractivity contribution in [2.75, 3.05) is 14.2 Å². The number of nitrogens with one attached hydrogen (secondary N) is 1. The second-order valence-corrected chi connectivity index (χ2v) is 10.8. The van der Waals surface area contributed by atoms with Gasteiger partial charge in [-0.15, -0.1) is 0 Å². The van der Waals surface area contributed by atoms with Crippen LogP contribution in [0.3, 0.4) is 0 Å². The van der Waals surface area contributed by atoms with Crippen molar-refractivity contribution in [1.29, 1.82) is 0 Å². The van der Waals surface area contributed by atoms with Crippen LogP contribution in [0.25, 0.3) is 0 Å². The number of halogens is 2. The van der Waals surface area contributed by atoms with Crippen molar-refractivity contribution in [2.45, 2.75) is 69.8 Å². The Bertz CT molecular complexity index is 1340. The largest absolute Gasteiger partial charge is 0.493 e. The third kappa shape index (κ3) is 5.29. The van der Waals surface area contributed by atoms with Crippen LogP contribution in [-0.4, -0.2) is 32.1 Å². The van der Waals surface area contributed by atoms with E-state index in [1.165, 1.54) is 12.1 Å². The molecule has 1 N–H and O–H groups in total. The Balaban J connectivity index is 1.55. The highest BCUT2D eigenvalue weighted by Crippen LogP contribution is 2.48. The van der Waals surface area contributed by atoms with E-state index >= 15 is 4.39 Å². The highest BCUT2D eigenvalue weighted by atomic mass is 35.5. The van der Waals surface area contributed by atoms with Gasteiger partial charge >= 0.3 is 5.97 Å². The molecule has 0 spiro atoms. The number of benzene rings is 2. The van der Waals surface area contributed by atoms with Crippen LogP contribution in [0.1, 0.15) is 74.8 Å². The fourth-order valence-corrected chi connectivity index (χ4v) is 6.40. The highest BCUT2D eigenvalue weighted by Gasteiger charge is 2.43. The van der Waals surface area contributed by atoms with E-state index in [2.05, 4.69) is 5.32 Å². The van der Waals surface area contributed by atoms with E-state index in [1.807, 2.05) is 18.2 Å². The van der Waals surface area contributed by atoms with Crippen molar-refractivity contribution >= 4 is 23.4 Å². The van der Waals surface area contributed by atoms with Gasteiger partial charge in [0.05, 0.1) is 25.7 Å². The number of ether oxygens (including phenoxy) is 3. The fraction of sp³-hybridized carbons (Fsp3) is 0.419. The lowest BCUT2D eigenvalue weighted by Crippen LogP contribution is -2.37. The maximum atomic E-state index is 15.4. The minimum absolute atomic E-state index is 0.126. The molecule has 5 rings (SSSR count). The Labute approximate surface area is 233 Å². The van der Waals surface area contributed by atoms with Gasteiger partial charge < -0.3 is 19.5 Å². The van der Waals surface area contributed by atoms with Crippen molar-refractivity contribution < 1.29 is 28.2 Å². The molecule has 0 aromatic heterocycles. The normalized spacial score (nSPS) is 21.8. The number of esters is 1. The molecule has 206 valence electrons. The Morgan fingerprint density at radius 3 is 2.46 bits per heavy atom. The number of methoxy groups -OCH3 is 2. The van der Waals surface area contributed by atoms with Crippen LogP contribution in [0.5, 0.6) is 11.5 Å². The van der Waals surface area contributed by atoms with Gasteiger partial charge in [-0.1, -0.05) is 30.2 Å².